The number of carbonyl (C=O) groups excluding carboxylic acids is 1. The highest BCUT2D eigenvalue weighted by molar-refractivity contribution is 5.99. The molecule has 146 valence electrons. The summed E-state index contributed by atoms with van der Waals surface area (Å²) in [7, 11) is 0. The first kappa shape index (κ1) is 21.0. The maximum atomic E-state index is 12.9. The van der Waals surface area contributed by atoms with Gasteiger partial charge in [0.1, 0.15) is 23.2 Å². The Kier molecular flexibility index (Phi) is 7.57. The molecule has 0 unspecified atom stereocenters. The van der Waals surface area contributed by atoms with E-state index in [4.69, 9.17) is 10.1 Å². The molecule has 28 heavy (non-hydrogen) atoms. The van der Waals surface area contributed by atoms with E-state index in [1.165, 1.54) is 6.07 Å². The summed E-state index contributed by atoms with van der Waals surface area (Å²) < 4.78 is 5.65. The average Bonchev–Trinajstić information content (AvgIpc) is 2.66. The Balaban J connectivity index is 2.34. The van der Waals surface area contributed by atoms with Crippen molar-refractivity contribution in [1.29, 1.82) is 5.41 Å². The van der Waals surface area contributed by atoms with Gasteiger partial charge in [-0.05, 0) is 29.7 Å². The van der Waals surface area contributed by atoms with Crippen molar-refractivity contribution in [2.75, 3.05) is 0 Å². The van der Waals surface area contributed by atoms with Crippen LogP contribution in [0.2, 0.25) is 0 Å². The van der Waals surface area contributed by atoms with E-state index in [9.17, 15) is 15.0 Å². The Hall–Kier alpha value is -3.34. The minimum Gasteiger partial charge on any atom is -0.508 e. The number of phenols is 2. The van der Waals surface area contributed by atoms with E-state index in [-0.39, 0.29) is 29.2 Å². The molecule has 2 aromatic carbocycles. The molecule has 1 atom stereocenters. The first-order valence-corrected chi connectivity index (χ1v) is 9.11. The average molecular weight is 379 g/mol. The molecule has 0 aromatic heterocycles. The fourth-order valence-corrected chi connectivity index (χ4v) is 2.83. The van der Waals surface area contributed by atoms with Crippen LogP contribution in [0.25, 0.3) is 0 Å². The lowest BCUT2D eigenvalue weighted by atomic mass is 9.99. The third-order valence-electron chi connectivity index (χ3n) is 4.13. The van der Waals surface area contributed by atoms with Gasteiger partial charge in [0.25, 0.3) is 0 Å². The first-order valence-electron chi connectivity index (χ1n) is 9.11. The minimum absolute atomic E-state index is 0.0440. The van der Waals surface area contributed by atoms with Gasteiger partial charge in [-0.3, -0.25) is 0 Å². The van der Waals surface area contributed by atoms with Crippen LogP contribution in [0, 0.1) is 5.41 Å². The highest BCUT2D eigenvalue weighted by Gasteiger charge is 2.23. The quantitative estimate of drug-likeness (QED) is 0.321. The second-order valence-corrected chi connectivity index (χ2v) is 6.34. The van der Waals surface area contributed by atoms with Gasteiger partial charge < -0.3 is 20.4 Å². The monoisotopic (exact) mass is 379 g/mol. The van der Waals surface area contributed by atoms with Crippen molar-refractivity contribution in [2.45, 2.75) is 32.3 Å². The SMILES string of the molecule is C=CC[C@@H](OC(=O)c1c(O)cc(O)cc1CC(=N)/C=C/CC)c1ccccc1. The van der Waals surface area contributed by atoms with Gasteiger partial charge in [-0.15, -0.1) is 6.58 Å². The maximum absolute atomic E-state index is 12.9. The third kappa shape index (κ3) is 5.58. The Labute approximate surface area is 165 Å². The first-order chi connectivity index (χ1) is 13.5. The highest BCUT2D eigenvalue weighted by Crippen LogP contribution is 2.31. The molecule has 0 saturated carbocycles. The molecule has 0 aliphatic carbocycles. The number of nitrogens with one attached hydrogen (secondary N) is 1. The number of rotatable bonds is 9. The minimum atomic E-state index is -0.713. The van der Waals surface area contributed by atoms with Crippen molar-refractivity contribution >= 4 is 11.7 Å². The standard InChI is InChI=1S/C23H25NO4/c1-3-5-12-18(24)13-17-14-19(25)15-20(26)22(17)23(27)28-21(9-4-2)16-10-7-6-8-11-16/h4-8,10-12,14-15,21,24-26H,2-3,9,13H2,1H3/b12-5+,24-18?/t21-/m1/s1. The lowest BCUT2D eigenvalue weighted by Crippen LogP contribution is -2.14. The second kappa shape index (κ2) is 10.1. The molecule has 0 amide bonds. The number of aromatic hydroxyl groups is 2. The van der Waals surface area contributed by atoms with Gasteiger partial charge in [0.2, 0.25) is 0 Å². The summed E-state index contributed by atoms with van der Waals surface area (Å²) in [6.45, 7) is 5.67. The van der Waals surface area contributed by atoms with E-state index < -0.39 is 12.1 Å². The molecule has 2 aromatic rings. The summed E-state index contributed by atoms with van der Waals surface area (Å²) in [5.41, 5.74) is 1.36. The predicted molar refractivity (Wildman–Crippen MR) is 110 cm³/mol. The smallest absolute Gasteiger partial charge is 0.342 e. The van der Waals surface area contributed by atoms with Gasteiger partial charge in [-0.1, -0.05) is 49.4 Å². The van der Waals surface area contributed by atoms with Crippen LogP contribution in [-0.4, -0.2) is 21.9 Å². The third-order valence-corrected chi connectivity index (χ3v) is 4.13. The molecule has 5 heteroatoms. The zero-order valence-corrected chi connectivity index (χ0v) is 15.9. The maximum Gasteiger partial charge on any atom is 0.342 e. The molecular weight excluding hydrogens is 354 g/mol. The van der Waals surface area contributed by atoms with E-state index >= 15 is 0 Å². The van der Waals surface area contributed by atoms with Gasteiger partial charge in [-0.25, -0.2) is 4.79 Å². The Morgan fingerprint density at radius 2 is 1.96 bits per heavy atom. The fourth-order valence-electron chi connectivity index (χ4n) is 2.83. The van der Waals surface area contributed by atoms with Gasteiger partial charge in [0, 0.05) is 24.6 Å². The molecule has 0 fully saturated rings. The van der Waals surface area contributed by atoms with E-state index in [1.54, 1.807) is 12.2 Å². The molecule has 0 bridgehead atoms. The molecule has 0 heterocycles. The highest BCUT2D eigenvalue weighted by atomic mass is 16.5. The van der Waals surface area contributed by atoms with Crippen molar-refractivity contribution in [3.05, 3.63) is 84.0 Å². The molecule has 0 radical (unpaired) electrons. The molecule has 2 rings (SSSR count). The number of esters is 1. The van der Waals surface area contributed by atoms with Crippen LogP contribution in [0.15, 0.2) is 67.3 Å². The fraction of sp³-hybridized carbons (Fsp3) is 0.217. The number of phenolic OH excluding ortho intramolecular Hbond substituents is 2. The molecule has 0 aliphatic rings. The van der Waals surface area contributed by atoms with E-state index in [2.05, 4.69) is 6.58 Å². The zero-order valence-electron chi connectivity index (χ0n) is 15.9. The Bertz CT molecular complexity index is 872. The summed E-state index contributed by atoms with van der Waals surface area (Å²) in [5.74, 6) is -1.27. The van der Waals surface area contributed by atoms with Gasteiger partial charge in [0.15, 0.2) is 0 Å². The van der Waals surface area contributed by atoms with Crippen molar-refractivity contribution in [2.24, 2.45) is 0 Å². The van der Waals surface area contributed by atoms with Crippen LogP contribution < -0.4 is 0 Å². The summed E-state index contributed by atoms with van der Waals surface area (Å²) in [4.78, 5) is 12.9. The normalized spacial score (nSPS) is 11.9. The Morgan fingerprint density at radius 1 is 1.25 bits per heavy atom. The predicted octanol–water partition coefficient (Wildman–Crippen LogP) is 5.10. The number of allylic oxidation sites excluding steroid dienone is 2. The van der Waals surface area contributed by atoms with E-state index in [0.29, 0.717) is 12.0 Å². The van der Waals surface area contributed by atoms with Crippen LogP contribution >= 0.6 is 0 Å². The summed E-state index contributed by atoms with van der Waals surface area (Å²) in [6, 6.07) is 11.7. The molecule has 5 nitrogen and oxygen atoms in total. The number of hydrogen-bond acceptors (Lipinski definition) is 5. The van der Waals surface area contributed by atoms with Crippen LogP contribution in [0.3, 0.4) is 0 Å². The number of carbonyl (C=O) groups is 1. The van der Waals surface area contributed by atoms with Crippen LogP contribution in [0.5, 0.6) is 11.5 Å². The lowest BCUT2D eigenvalue weighted by Gasteiger charge is -2.19. The largest absolute Gasteiger partial charge is 0.508 e. The van der Waals surface area contributed by atoms with E-state index in [1.807, 2.05) is 43.3 Å². The molecule has 3 N–H and O–H groups in total. The van der Waals surface area contributed by atoms with E-state index in [0.717, 1.165) is 18.1 Å². The zero-order chi connectivity index (χ0) is 20.5. The number of benzene rings is 2. The second-order valence-electron chi connectivity index (χ2n) is 6.34. The topological polar surface area (TPSA) is 90.6 Å². The van der Waals surface area contributed by atoms with Crippen molar-refractivity contribution in [3.8, 4) is 11.5 Å². The van der Waals surface area contributed by atoms with Gasteiger partial charge >= 0.3 is 5.97 Å². The van der Waals surface area contributed by atoms with Gasteiger partial charge in [0.05, 0.1) is 0 Å². The molecule has 0 spiro atoms. The molecule has 0 saturated heterocycles. The van der Waals surface area contributed by atoms with Crippen LogP contribution in [0.1, 0.15) is 47.4 Å². The van der Waals surface area contributed by atoms with Crippen molar-refractivity contribution in [3.63, 3.8) is 0 Å². The summed E-state index contributed by atoms with van der Waals surface area (Å²) in [5, 5.41) is 28.1. The van der Waals surface area contributed by atoms with Crippen LogP contribution in [-0.2, 0) is 11.2 Å². The number of ether oxygens (including phenoxy) is 1. The Morgan fingerprint density at radius 3 is 2.61 bits per heavy atom. The lowest BCUT2D eigenvalue weighted by molar-refractivity contribution is 0.0299. The van der Waals surface area contributed by atoms with Crippen LogP contribution in [0.4, 0.5) is 0 Å². The molecule has 0 aliphatic heterocycles. The van der Waals surface area contributed by atoms with Crippen molar-refractivity contribution < 1.29 is 19.7 Å². The summed E-state index contributed by atoms with van der Waals surface area (Å²) in [6.07, 6.45) is 5.86. The molecular formula is C23H25NO4. The van der Waals surface area contributed by atoms with Gasteiger partial charge in [-0.2, -0.15) is 0 Å². The summed E-state index contributed by atoms with van der Waals surface area (Å²) >= 11 is 0. The van der Waals surface area contributed by atoms with Crippen molar-refractivity contribution in [1.82, 2.24) is 0 Å². The number of hydrogen-bond donors (Lipinski definition) is 3.